The van der Waals surface area contributed by atoms with Crippen molar-refractivity contribution in [1.29, 1.82) is 0 Å². The molecule has 0 unspecified atom stereocenters. The molecule has 0 radical (unpaired) electrons. The Labute approximate surface area is 89.5 Å². The number of nitrogens with zero attached hydrogens (tertiary/aromatic N) is 2. The SMILES string of the molecule is O=c1[nH]c(=O)n(C2COC2)c2ncccc12. The molecule has 1 aliphatic rings. The van der Waals surface area contributed by atoms with Crippen molar-refractivity contribution in [1.82, 2.24) is 14.5 Å². The summed E-state index contributed by atoms with van der Waals surface area (Å²) in [5.74, 6) is 0. The van der Waals surface area contributed by atoms with Crippen molar-refractivity contribution in [2.45, 2.75) is 6.04 Å². The van der Waals surface area contributed by atoms with Crippen LogP contribution in [0.2, 0.25) is 0 Å². The van der Waals surface area contributed by atoms with Gasteiger partial charge in [0.25, 0.3) is 5.56 Å². The van der Waals surface area contributed by atoms with Gasteiger partial charge < -0.3 is 4.74 Å². The summed E-state index contributed by atoms with van der Waals surface area (Å²) in [4.78, 5) is 29.6. The van der Waals surface area contributed by atoms with Crippen LogP contribution in [-0.4, -0.2) is 27.7 Å². The topological polar surface area (TPSA) is 77.0 Å². The zero-order chi connectivity index (χ0) is 11.1. The van der Waals surface area contributed by atoms with Gasteiger partial charge in [-0.25, -0.2) is 9.78 Å². The van der Waals surface area contributed by atoms with Gasteiger partial charge in [-0.3, -0.25) is 14.3 Å². The predicted molar refractivity (Wildman–Crippen MR) is 56.5 cm³/mol. The molecule has 1 saturated heterocycles. The number of hydrogen-bond donors (Lipinski definition) is 1. The molecule has 6 heteroatoms. The molecule has 0 spiro atoms. The first-order valence-corrected chi connectivity index (χ1v) is 4.94. The summed E-state index contributed by atoms with van der Waals surface area (Å²) in [6.45, 7) is 0.968. The van der Waals surface area contributed by atoms with Crippen LogP contribution in [-0.2, 0) is 4.74 Å². The minimum atomic E-state index is -0.426. The first-order chi connectivity index (χ1) is 7.77. The van der Waals surface area contributed by atoms with E-state index in [4.69, 9.17) is 4.74 Å². The largest absolute Gasteiger partial charge is 0.377 e. The van der Waals surface area contributed by atoms with E-state index in [0.29, 0.717) is 24.2 Å². The fourth-order valence-electron chi connectivity index (χ4n) is 1.80. The van der Waals surface area contributed by atoms with E-state index in [1.54, 1.807) is 18.3 Å². The molecule has 2 aromatic rings. The second kappa shape index (κ2) is 3.28. The van der Waals surface area contributed by atoms with Crippen molar-refractivity contribution in [3.8, 4) is 0 Å². The van der Waals surface area contributed by atoms with Crippen molar-refractivity contribution in [2.24, 2.45) is 0 Å². The van der Waals surface area contributed by atoms with Gasteiger partial charge in [0.2, 0.25) is 0 Å². The number of ether oxygens (including phenoxy) is 1. The van der Waals surface area contributed by atoms with Gasteiger partial charge >= 0.3 is 5.69 Å². The van der Waals surface area contributed by atoms with Crippen LogP contribution in [0.5, 0.6) is 0 Å². The molecule has 1 N–H and O–H groups in total. The second-order valence-corrected chi connectivity index (χ2v) is 3.70. The van der Waals surface area contributed by atoms with Gasteiger partial charge in [0.1, 0.15) is 5.65 Å². The van der Waals surface area contributed by atoms with Crippen LogP contribution in [0.1, 0.15) is 6.04 Å². The maximum atomic E-state index is 11.7. The summed E-state index contributed by atoms with van der Waals surface area (Å²) in [5, 5.41) is 0.425. The van der Waals surface area contributed by atoms with Crippen molar-refractivity contribution in [3.63, 3.8) is 0 Å². The zero-order valence-corrected chi connectivity index (χ0v) is 8.34. The molecule has 1 fully saturated rings. The monoisotopic (exact) mass is 219 g/mol. The molecule has 3 heterocycles. The Morgan fingerprint density at radius 3 is 2.94 bits per heavy atom. The number of pyridine rings is 1. The standard InChI is InChI=1S/C10H9N3O3/c14-9-7-2-1-3-11-8(7)13(10(15)12-9)6-4-16-5-6/h1-3,6H,4-5H2,(H,12,14,15). The van der Waals surface area contributed by atoms with Crippen LogP contribution in [0.15, 0.2) is 27.9 Å². The van der Waals surface area contributed by atoms with E-state index in [1.165, 1.54) is 4.57 Å². The van der Waals surface area contributed by atoms with Crippen LogP contribution in [0.4, 0.5) is 0 Å². The maximum Gasteiger partial charge on any atom is 0.330 e. The van der Waals surface area contributed by atoms with E-state index in [0.717, 1.165) is 0 Å². The van der Waals surface area contributed by atoms with Crippen molar-refractivity contribution < 1.29 is 4.74 Å². The second-order valence-electron chi connectivity index (χ2n) is 3.70. The van der Waals surface area contributed by atoms with Gasteiger partial charge in [-0.15, -0.1) is 0 Å². The number of fused-ring (bicyclic) bond motifs is 1. The van der Waals surface area contributed by atoms with Crippen molar-refractivity contribution >= 4 is 11.0 Å². The predicted octanol–water partition coefficient (Wildman–Crippen LogP) is -0.344. The van der Waals surface area contributed by atoms with E-state index in [-0.39, 0.29) is 6.04 Å². The third-order valence-electron chi connectivity index (χ3n) is 2.68. The summed E-state index contributed by atoms with van der Waals surface area (Å²) in [6.07, 6.45) is 1.57. The molecule has 0 bridgehead atoms. The Morgan fingerprint density at radius 1 is 1.44 bits per heavy atom. The maximum absolute atomic E-state index is 11.7. The lowest BCUT2D eigenvalue weighted by Crippen LogP contribution is -2.41. The molecular weight excluding hydrogens is 210 g/mol. The molecule has 0 atom stereocenters. The average Bonchev–Trinajstić information content (AvgIpc) is 2.21. The van der Waals surface area contributed by atoms with Crippen LogP contribution in [0.25, 0.3) is 11.0 Å². The van der Waals surface area contributed by atoms with Crippen molar-refractivity contribution in [3.05, 3.63) is 39.2 Å². The Kier molecular flexibility index (Phi) is 1.90. The first kappa shape index (κ1) is 9.29. The normalized spacial score (nSPS) is 16.2. The Hall–Kier alpha value is -1.95. The highest BCUT2D eigenvalue weighted by Crippen LogP contribution is 2.17. The van der Waals surface area contributed by atoms with Gasteiger partial charge in [0.15, 0.2) is 0 Å². The smallest absolute Gasteiger partial charge is 0.330 e. The Balaban J connectivity index is 2.41. The van der Waals surface area contributed by atoms with Gasteiger partial charge in [-0.05, 0) is 12.1 Å². The number of aromatic amines is 1. The average molecular weight is 219 g/mol. The van der Waals surface area contributed by atoms with E-state index in [9.17, 15) is 9.59 Å². The summed E-state index contributed by atoms with van der Waals surface area (Å²) in [6, 6.07) is 3.29. The Bertz CT molecular complexity index is 654. The molecule has 0 aromatic carbocycles. The van der Waals surface area contributed by atoms with Crippen LogP contribution >= 0.6 is 0 Å². The molecule has 3 rings (SSSR count). The van der Waals surface area contributed by atoms with Crippen LogP contribution in [0.3, 0.4) is 0 Å². The summed E-state index contributed by atoms with van der Waals surface area (Å²) in [5.41, 5.74) is -0.404. The van der Waals surface area contributed by atoms with E-state index in [1.807, 2.05) is 0 Å². The number of rotatable bonds is 1. The number of nitrogens with one attached hydrogen (secondary N) is 1. The van der Waals surface area contributed by atoms with Crippen LogP contribution < -0.4 is 11.2 Å². The highest BCUT2D eigenvalue weighted by atomic mass is 16.5. The highest BCUT2D eigenvalue weighted by Gasteiger charge is 2.24. The number of aromatic nitrogens is 3. The minimum absolute atomic E-state index is 0.0262. The molecule has 0 amide bonds. The summed E-state index contributed by atoms with van der Waals surface area (Å²) < 4.78 is 6.53. The molecule has 6 nitrogen and oxygen atoms in total. The van der Waals surface area contributed by atoms with Crippen molar-refractivity contribution in [2.75, 3.05) is 13.2 Å². The lowest BCUT2D eigenvalue weighted by Gasteiger charge is -2.28. The molecular formula is C10H9N3O3. The third kappa shape index (κ3) is 1.20. The molecule has 0 aliphatic carbocycles. The quantitative estimate of drug-likeness (QED) is 0.711. The first-order valence-electron chi connectivity index (χ1n) is 4.94. The molecule has 0 saturated carbocycles. The number of hydrogen-bond acceptors (Lipinski definition) is 4. The van der Waals surface area contributed by atoms with Gasteiger partial charge in [0, 0.05) is 6.20 Å². The molecule has 2 aromatic heterocycles. The van der Waals surface area contributed by atoms with E-state index in [2.05, 4.69) is 9.97 Å². The van der Waals surface area contributed by atoms with Gasteiger partial charge in [-0.1, -0.05) is 0 Å². The highest BCUT2D eigenvalue weighted by molar-refractivity contribution is 5.73. The summed E-state index contributed by atoms with van der Waals surface area (Å²) >= 11 is 0. The third-order valence-corrected chi connectivity index (χ3v) is 2.68. The zero-order valence-electron chi connectivity index (χ0n) is 8.34. The summed E-state index contributed by atoms with van der Waals surface area (Å²) in [7, 11) is 0. The van der Waals surface area contributed by atoms with E-state index < -0.39 is 11.2 Å². The number of H-pyrrole nitrogens is 1. The fourth-order valence-corrected chi connectivity index (χ4v) is 1.80. The molecule has 1 aliphatic heterocycles. The fraction of sp³-hybridized carbons (Fsp3) is 0.300. The molecule has 16 heavy (non-hydrogen) atoms. The lowest BCUT2D eigenvalue weighted by atomic mass is 10.2. The van der Waals surface area contributed by atoms with Gasteiger partial charge in [-0.2, -0.15) is 0 Å². The van der Waals surface area contributed by atoms with E-state index >= 15 is 0 Å². The Morgan fingerprint density at radius 2 is 2.25 bits per heavy atom. The molecule has 82 valence electrons. The van der Waals surface area contributed by atoms with Crippen LogP contribution in [0, 0.1) is 0 Å². The van der Waals surface area contributed by atoms with Gasteiger partial charge in [0.05, 0.1) is 24.6 Å². The minimum Gasteiger partial charge on any atom is -0.377 e. The lowest BCUT2D eigenvalue weighted by molar-refractivity contribution is -0.0236.